The third-order valence-electron chi connectivity index (χ3n) is 4.54. The number of aromatic nitrogens is 3. The van der Waals surface area contributed by atoms with Crippen molar-refractivity contribution in [2.24, 2.45) is 0 Å². The van der Waals surface area contributed by atoms with Crippen molar-refractivity contribution in [3.05, 3.63) is 58.6 Å². The number of hydrogen-bond donors (Lipinski definition) is 1. The number of nitrogens with one attached hydrogen (secondary N) is 1. The Morgan fingerprint density at radius 1 is 1.17 bits per heavy atom. The fourth-order valence-corrected chi connectivity index (χ4v) is 3.62. The van der Waals surface area contributed by atoms with E-state index in [1.54, 1.807) is 29.8 Å². The molecule has 1 fully saturated rings. The summed E-state index contributed by atoms with van der Waals surface area (Å²) in [5.74, 6) is 0.432. The van der Waals surface area contributed by atoms with Crippen molar-refractivity contribution < 1.29 is 14.3 Å². The lowest BCUT2D eigenvalue weighted by atomic mass is 10.1. The number of ether oxygens (including phenoxy) is 2. The van der Waals surface area contributed by atoms with Crippen LogP contribution in [0.1, 0.15) is 39.6 Å². The lowest BCUT2D eigenvalue weighted by molar-refractivity contribution is -0.0796. The van der Waals surface area contributed by atoms with Gasteiger partial charge in [-0.05, 0) is 39.0 Å². The third kappa shape index (κ3) is 4.60. The smallest absolute Gasteiger partial charge is 0.251 e. The Hall–Kier alpha value is -2.84. The minimum atomic E-state index is -0.272. The van der Waals surface area contributed by atoms with Gasteiger partial charge in [0.1, 0.15) is 16.9 Å². The van der Waals surface area contributed by atoms with E-state index < -0.39 is 0 Å². The maximum Gasteiger partial charge on any atom is 0.251 e. The Morgan fingerprint density at radius 2 is 2.00 bits per heavy atom. The van der Waals surface area contributed by atoms with E-state index in [0.717, 1.165) is 21.1 Å². The Labute approximate surface area is 173 Å². The fraction of sp³-hybridized carbons (Fsp3) is 0.333. The van der Waals surface area contributed by atoms with E-state index >= 15 is 0 Å². The molecule has 29 heavy (non-hydrogen) atoms. The van der Waals surface area contributed by atoms with Crippen LogP contribution >= 0.6 is 11.3 Å². The van der Waals surface area contributed by atoms with Crippen molar-refractivity contribution in [3.63, 3.8) is 0 Å². The molecule has 0 saturated carbocycles. The average molecular weight is 410 g/mol. The van der Waals surface area contributed by atoms with Crippen molar-refractivity contribution >= 4 is 17.2 Å². The third-order valence-corrected chi connectivity index (χ3v) is 5.50. The second kappa shape index (κ2) is 8.26. The first-order valence-electron chi connectivity index (χ1n) is 9.39. The Balaban J connectivity index is 1.59. The molecule has 1 aromatic carbocycles. The molecule has 0 radical (unpaired) electrons. The van der Waals surface area contributed by atoms with Gasteiger partial charge in [-0.15, -0.1) is 11.3 Å². The SMILES string of the molecule is Cc1cnc(C(C)NC(=O)c2cc(OC3COC3)cc(-c3ncc(C)s3)c2)cn1. The molecule has 1 aliphatic rings. The summed E-state index contributed by atoms with van der Waals surface area (Å²) in [7, 11) is 0. The molecule has 1 amide bonds. The van der Waals surface area contributed by atoms with Crippen LogP contribution in [0.4, 0.5) is 0 Å². The largest absolute Gasteiger partial charge is 0.486 e. The molecule has 0 bridgehead atoms. The molecule has 1 aliphatic heterocycles. The van der Waals surface area contributed by atoms with E-state index in [0.29, 0.717) is 30.2 Å². The maximum absolute atomic E-state index is 12.9. The highest BCUT2D eigenvalue weighted by atomic mass is 32.1. The molecular weight excluding hydrogens is 388 g/mol. The topological polar surface area (TPSA) is 86.2 Å². The van der Waals surface area contributed by atoms with Crippen LogP contribution in [0.2, 0.25) is 0 Å². The molecule has 4 rings (SSSR count). The monoisotopic (exact) mass is 410 g/mol. The summed E-state index contributed by atoms with van der Waals surface area (Å²) in [6.07, 6.45) is 5.21. The summed E-state index contributed by atoms with van der Waals surface area (Å²) >= 11 is 1.58. The molecule has 2 aromatic heterocycles. The lowest BCUT2D eigenvalue weighted by Crippen LogP contribution is -2.38. The quantitative estimate of drug-likeness (QED) is 0.670. The molecule has 0 aliphatic carbocycles. The van der Waals surface area contributed by atoms with E-state index in [1.165, 1.54) is 0 Å². The highest BCUT2D eigenvalue weighted by molar-refractivity contribution is 7.14. The maximum atomic E-state index is 12.9. The number of hydrogen-bond acceptors (Lipinski definition) is 7. The van der Waals surface area contributed by atoms with Crippen molar-refractivity contribution in [2.45, 2.75) is 32.9 Å². The van der Waals surface area contributed by atoms with Gasteiger partial charge in [0.15, 0.2) is 0 Å². The van der Waals surface area contributed by atoms with E-state index in [-0.39, 0.29) is 18.1 Å². The summed E-state index contributed by atoms with van der Waals surface area (Å²) in [4.78, 5) is 27.1. The van der Waals surface area contributed by atoms with E-state index in [1.807, 2.05) is 39.1 Å². The van der Waals surface area contributed by atoms with Gasteiger partial charge in [-0.3, -0.25) is 14.8 Å². The van der Waals surface area contributed by atoms with Gasteiger partial charge >= 0.3 is 0 Å². The highest BCUT2D eigenvalue weighted by Gasteiger charge is 2.22. The first-order chi connectivity index (χ1) is 14.0. The zero-order chi connectivity index (χ0) is 20.4. The van der Waals surface area contributed by atoms with Crippen molar-refractivity contribution in [3.8, 4) is 16.3 Å². The van der Waals surface area contributed by atoms with Gasteiger partial charge in [0.25, 0.3) is 5.91 Å². The number of carbonyl (C=O) groups excluding carboxylic acids is 1. The zero-order valence-electron chi connectivity index (χ0n) is 16.5. The minimum absolute atomic E-state index is 0.0148. The molecule has 1 unspecified atom stereocenters. The molecule has 7 nitrogen and oxygen atoms in total. The van der Waals surface area contributed by atoms with Crippen molar-refractivity contribution in [1.82, 2.24) is 20.3 Å². The standard InChI is InChI=1S/C21H22N4O3S/c1-12-7-23-19(9-22-12)14(3)25-20(26)15-4-16(21-24-8-13(2)29-21)6-17(5-15)28-18-10-27-11-18/h4-9,14,18H,10-11H2,1-3H3,(H,25,26). The van der Waals surface area contributed by atoms with E-state index in [2.05, 4.69) is 20.3 Å². The number of nitrogens with zero attached hydrogens (tertiary/aromatic N) is 3. The molecule has 3 aromatic rings. The number of amides is 1. The summed E-state index contributed by atoms with van der Waals surface area (Å²) < 4.78 is 11.1. The second-order valence-electron chi connectivity index (χ2n) is 7.08. The van der Waals surface area contributed by atoms with E-state index in [4.69, 9.17) is 9.47 Å². The summed E-state index contributed by atoms with van der Waals surface area (Å²) in [6.45, 7) is 6.89. The van der Waals surface area contributed by atoms with Crippen LogP contribution in [-0.4, -0.2) is 40.2 Å². The van der Waals surface area contributed by atoms with Crippen LogP contribution in [0, 0.1) is 13.8 Å². The van der Waals surface area contributed by atoms with Crippen LogP contribution in [0.25, 0.3) is 10.6 Å². The number of thiazole rings is 1. The molecule has 8 heteroatoms. The average Bonchev–Trinajstić information content (AvgIpc) is 3.11. The molecule has 150 valence electrons. The number of carbonyl (C=O) groups is 1. The molecule has 1 atom stereocenters. The predicted octanol–water partition coefficient (Wildman–Crippen LogP) is 3.49. The Morgan fingerprint density at radius 3 is 2.62 bits per heavy atom. The molecule has 3 heterocycles. The van der Waals surface area contributed by atoms with Crippen molar-refractivity contribution in [1.29, 1.82) is 0 Å². The van der Waals surface area contributed by atoms with Gasteiger partial charge in [-0.1, -0.05) is 0 Å². The number of benzene rings is 1. The summed E-state index contributed by atoms with van der Waals surface area (Å²) in [6, 6.07) is 5.24. The fourth-order valence-electron chi connectivity index (χ4n) is 2.86. The van der Waals surface area contributed by atoms with Gasteiger partial charge in [0, 0.05) is 28.4 Å². The molecular formula is C21H22N4O3S. The van der Waals surface area contributed by atoms with Gasteiger partial charge in [-0.2, -0.15) is 0 Å². The minimum Gasteiger partial charge on any atom is -0.486 e. The van der Waals surface area contributed by atoms with Gasteiger partial charge in [-0.25, -0.2) is 4.98 Å². The number of rotatable bonds is 6. The van der Waals surface area contributed by atoms with Crippen LogP contribution in [0.3, 0.4) is 0 Å². The van der Waals surface area contributed by atoms with Gasteiger partial charge < -0.3 is 14.8 Å². The first-order valence-corrected chi connectivity index (χ1v) is 10.2. The number of aryl methyl sites for hydroxylation is 2. The van der Waals surface area contributed by atoms with Gasteiger partial charge in [0.05, 0.1) is 36.8 Å². The van der Waals surface area contributed by atoms with Crippen LogP contribution in [0.15, 0.2) is 36.8 Å². The first kappa shape index (κ1) is 19.5. The van der Waals surface area contributed by atoms with Crippen LogP contribution < -0.4 is 10.1 Å². The van der Waals surface area contributed by atoms with Crippen molar-refractivity contribution in [2.75, 3.05) is 13.2 Å². The predicted molar refractivity (Wildman–Crippen MR) is 110 cm³/mol. The highest BCUT2D eigenvalue weighted by Crippen LogP contribution is 2.30. The van der Waals surface area contributed by atoms with E-state index in [9.17, 15) is 4.79 Å². The normalized spacial score (nSPS) is 14.9. The molecule has 0 spiro atoms. The zero-order valence-corrected chi connectivity index (χ0v) is 17.3. The lowest BCUT2D eigenvalue weighted by Gasteiger charge is -2.27. The molecule has 1 saturated heterocycles. The van der Waals surface area contributed by atoms with Crippen LogP contribution in [-0.2, 0) is 4.74 Å². The van der Waals surface area contributed by atoms with Gasteiger partial charge in [0.2, 0.25) is 0 Å². The molecule has 1 N–H and O–H groups in total. The second-order valence-corrected chi connectivity index (χ2v) is 8.31. The Bertz CT molecular complexity index is 1020. The van der Waals surface area contributed by atoms with Crippen LogP contribution in [0.5, 0.6) is 5.75 Å². The summed E-state index contributed by atoms with van der Waals surface area (Å²) in [5, 5.41) is 3.84. The Kier molecular flexibility index (Phi) is 5.55. The summed E-state index contributed by atoms with van der Waals surface area (Å²) in [5.41, 5.74) is 2.91.